The molecule has 1 saturated carbocycles. The number of nitrogens with one attached hydrogen (secondary N) is 1. The first-order valence-corrected chi connectivity index (χ1v) is 21.4. The first-order valence-electron chi connectivity index (χ1n) is 20.4. The second kappa shape index (κ2) is 17.4. The number of carbonyl (C=O) groups excluding carboxylic acids is 5. The molecule has 4 fully saturated rings. The fourth-order valence-electron chi connectivity index (χ4n) is 9.47. The summed E-state index contributed by atoms with van der Waals surface area (Å²) in [4.78, 5) is 79.4. The Bertz CT molecular complexity index is 2130. The van der Waals surface area contributed by atoms with Crippen molar-refractivity contribution in [1.82, 2.24) is 10.2 Å². The van der Waals surface area contributed by atoms with Crippen LogP contribution in [0.15, 0.2) is 18.2 Å². The Kier molecular flexibility index (Phi) is 12.3. The summed E-state index contributed by atoms with van der Waals surface area (Å²) < 4.78 is 29.7. The van der Waals surface area contributed by atoms with Crippen molar-refractivity contribution in [3.63, 3.8) is 0 Å². The maximum Gasteiger partial charge on any atom is 0.306 e. The number of phenols is 2. The first kappa shape index (κ1) is 43.2. The molecule has 3 saturated heterocycles. The van der Waals surface area contributed by atoms with Gasteiger partial charge in [-0.15, -0.1) is 11.8 Å². The van der Waals surface area contributed by atoms with E-state index in [2.05, 4.69) is 5.32 Å². The lowest BCUT2D eigenvalue weighted by Gasteiger charge is -2.41. The van der Waals surface area contributed by atoms with E-state index in [1.54, 1.807) is 0 Å². The number of likely N-dealkylation sites (tertiary alicyclic amines) is 1. The number of ether oxygens (including phenoxy) is 5. The average molecular weight is 869 g/mol. The minimum atomic E-state index is -2.27. The number of hydrogen-bond donors (Lipinski definition) is 6. The summed E-state index contributed by atoms with van der Waals surface area (Å²) in [5.41, 5.74) is -3.68. The number of amides is 2. The van der Waals surface area contributed by atoms with Crippen molar-refractivity contribution in [2.24, 2.45) is 11.8 Å². The Morgan fingerprint density at radius 3 is 2.39 bits per heavy atom. The third-order valence-electron chi connectivity index (χ3n) is 12.7. The number of Topliss-reactive ketones (excluding diaryl/α,β-unsaturated/α-hetero) is 1. The van der Waals surface area contributed by atoms with Gasteiger partial charge >= 0.3 is 5.97 Å². The molecule has 2 aromatic carbocycles. The molecular formula is C42H48N2O16S. The fraction of sp³-hybridized carbons (Fsp3) is 0.571. The number of fused-ring (bicyclic) bond motifs is 3. The first-order chi connectivity index (χ1) is 29.2. The second-order valence-corrected chi connectivity index (χ2v) is 17.9. The van der Waals surface area contributed by atoms with Gasteiger partial charge in [0.05, 0.1) is 72.4 Å². The summed E-state index contributed by atoms with van der Waals surface area (Å²) in [6.07, 6.45) is -1.33. The number of aromatic hydroxyl groups is 2. The molecule has 61 heavy (non-hydrogen) atoms. The smallest absolute Gasteiger partial charge is 0.306 e. The number of rotatable bonds is 12. The molecule has 19 heteroatoms. The minimum absolute atomic E-state index is 0.0318. The number of carboxylic acid groups (broad SMARTS) is 1. The van der Waals surface area contributed by atoms with E-state index in [0.717, 1.165) is 0 Å². The van der Waals surface area contributed by atoms with Gasteiger partial charge in [0, 0.05) is 48.9 Å². The van der Waals surface area contributed by atoms with Gasteiger partial charge in [-0.1, -0.05) is 12.1 Å². The molecule has 18 nitrogen and oxygen atoms in total. The zero-order chi connectivity index (χ0) is 43.3. The van der Waals surface area contributed by atoms with Gasteiger partial charge in [-0.2, -0.15) is 0 Å². The van der Waals surface area contributed by atoms with Gasteiger partial charge in [-0.25, -0.2) is 0 Å². The zero-order valence-corrected chi connectivity index (χ0v) is 34.1. The number of aliphatic hydroxyl groups excluding tert-OH is 1. The van der Waals surface area contributed by atoms with Crippen LogP contribution in [0.2, 0.25) is 0 Å². The highest BCUT2D eigenvalue weighted by atomic mass is 32.2. The van der Waals surface area contributed by atoms with Crippen LogP contribution in [0.4, 0.5) is 0 Å². The van der Waals surface area contributed by atoms with Crippen LogP contribution in [0.1, 0.15) is 100 Å². The number of aliphatic carboxylic acids is 1. The number of benzene rings is 2. The van der Waals surface area contributed by atoms with Gasteiger partial charge in [-0.05, 0) is 44.1 Å². The quantitative estimate of drug-likeness (QED) is 0.112. The number of carbonyl (C=O) groups is 6. The molecule has 2 aromatic rings. The molecule has 6 aliphatic rings. The van der Waals surface area contributed by atoms with Crippen LogP contribution < -0.4 is 10.1 Å². The number of morpholine rings is 1. The lowest BCUT2D eigenvalue weighted by molar-refractivity contribution is -0.234. The molecule has 2 unspecified atom stereocenters. The van der Waals surface area contributed by atoms with Gasteiger partial charge in [-0.3, -0.25) is 39.0 Å². The lowest BCUT2D eigenvalue weighted by Crippen LogP contribution is -2.52. The molecule has 328 valence electrons. The Morgan fingerprint density at radius 1 is 0.951 bits per heavy atom. The van der Waals surface area contributed by atoms with E-state index < -0.39 is 101 Å². The minimum Gasteiger partial charge on any atom is -0.507 e. The molecular weight excluding hydrogens is 821 g/mol. The summed E-state index contributed by atoms with van der Waals surface area (Å²) in [5, 5.41) is 56.3. The van der Waals surface area contributed by atoms with E-state index in [0.29, 0.717) is 38.6 Å². The average Bonchev–Trinajstić information content (AvgIpc) is 3.51. The number of aliphatic hydroxyl groups is 2. The van der Waals surface area contributed by atoms with E-state index >= 15 is 0 Å². The molecule has 3 aliphatic carbocycles. The van der Waals surface area contributed by atoms with Crippen molar-refractivity contribution in [2.75, 3.05) is 40.1 Å². The fourth-order valence-corrected chi connectivity index (χ4v) is 10.8. The molecule has 3 aliphatic heterocycles. The van der Waals surface area contributed by atoms with E-state index in [1.807, 2.05) is 0 Å². The highest BCUT2D eigenvalue weighted by Gasteiger charge is 2.50. The normalized spacial score (nSPS) is 31.4. The molecule has 2 amide bonds. The van der Waals surface area contributed by atoms with Crippen LogP contribution >= 0.6 is 11.8 Å². The Hall–Kier alpha value is -4.47. The van der Waals surface area contributed by atoms with Crippen molar-refractivity contribution in [3.05, 3.63) is 51.6 Å². The Morgan fingerprint density at radius 2 is 1.70 bits per heavy atom. The van der Waals surface area contributed by atoms with Crippen molar-refractivity contribution < 1.29 is 78.0 Å². The molecule has 0 aromatic heterocycles. The number of carboxylic acids is 1. The number of imide groups is 1. The summed E-state index contributed by atoms with van der Waals surface area (Å²) in [5.74, 6) is -5.44. The summed E-state index contributed by atoms with van der Waals surface area (Å²) in [6.45, 7) is -0.233. The lowest BCUT2D eigenvalue weighted by atomic mass is 9.72. The third kappa shape index (κ3) is 8.17. The van der Waals surface area contributed by atoms with Crippen LogP contribution in [0.25, 0.3) is 0 Å². The number of hydrogen-bond acceptors (Lipinski definition) is 17. The van der Waals surface area contributed by atoms with Crippen LogP contribution in [0, 0.1) is 11.8 Å². The number of phenolic OH excluding ortho intramolecular Hbond substituents is 2. The molecule has 0 spiro atoms. The van der Waals surface area contributed by atoms with E-state index in [1.165, 1.54) is 42.0 Å². The topological polar surface area (TPSA) is 265 Å². The molecule has 8 rings (SSSR count). The maximum absolute atomic E-state index is 13.9. The van der Waals surface area contributed by atoms with Crippen LogP contribution in [-0.4, -0.2) is 140 Å². The van der Waals surface area contributed by atoms with Crippen LogP contribution in [0.5, 0.6) is 17.2 Å². The van der Waals surface area contributed by atoms with Crippen LogP contribution in [-0.2, 0) is 44.5 Å². The van der Waals surface area contributed by atoms with Crippen molar-refractivity contribution in [3.8, 4) is 17.2 Å². The predicted octanol–water partition coefficient (Wildman–Crippen LogP) is 1.72. The van der Waals surface area contributed by atoms with Crippen molar-refractivity contribution >= 4 is 46.9 Å². The molecule has 6 N–H and O–H groups in total. The SMILES string of the molecule is COc1cccc2c1C(=O)c1c(O)c3c(c(O)c1C2=O)C[C@@](O)(C(=O)CO)C[C@@H]3O[C@H]1CC[C@H](O[C@@H]2COCC(SC3CC(=O)N(CC4CCC(C(=O)O)CC4)C3=O)N2)CO1. The third-order valence-corrected chi connectivity index (χ3v) is 14.0. The summed E-state index contributed by atoms with van der Waals surface area (Å²) >= 11 is 1.30. The van der Waals surface area contributed by atoms with Crippen molar-refractivity contribution in [2.45, 2.75) is 98.7 Å². The monoisotopic (exact) mass is 868 g/mol. The Balaban J connectivity index is 0.902. The van der Waals surface area contributed by atoms with Gasteiger partial charge in [0.25, 0.3) is 0 Å². The predicted molar refractivity (Wildman–Crippen MR) is 210 cm³/mol. The number of thioether (sulfide) groups is 1. The molecule has 3 heterocycles. The van der Waals surface area contributed by atoms with Gasteiger partial charge in [0.15, 0.2) is 17.9 Å². The summed E-state index contributed by atoms with van der Waals surface area (Å²) in [6, 6.07) is 4.37. The number of methoxy groups -OCH3 is 1. The summed E-state index contributed by atoms with van der Waals surface area (Å²) in [7, 11) is 1.32. The largest absolute Gasteiger partial charge is 0.507 e. The maximum atomic E-state index is 13.9. The van der Waals surface area contributed by atoms with E-state index in [4.69, 9.17) is 23.7 Å². The molecule has 0 radical (unpaired) electrons. The van der Waals surface area contributed by atoms with E-state index in [9.17, 15) is 54.3 Å². The highest BCUT2D eigenvalue weighted by Crippen LogP contribution is 2.52. The van der Waals surface area contributed by atoms with E-state index in [-0.39, 0.29) is 89.7 Å². The van der Waals surface area contributed by atoms with Gasteiger partial charge in [0.2, 0.25) is 17.6 Å². The molecule has 0 bridgehead atoms. The molecule has 7 atom stereocenters. The van der Waals surface area contributed by atoms with Crippen LogP contribution in [0.3, 0.4) is 0 Å². The van der Waals surface area contributed by atoms with Gasteiger partial charge < -0.3 is 49.2 Å². The van der Waals surface area contributed by atoms with Crippen molar-refractivity contribution in [1.29, 1.82) is 0 Å². The number of nitrogens with zero attached hydrogens (tertiary/aromatic N) is 1. The zero-order valence-electron chi connectivity index (χ0n) is 33.3. The van der Waals surface area contributed by atoms with Gasteiger partial charge in [0.1, 0.15) is 35.7 Å². The highest BCUT2D eigenvalue weighted by molar-refractivity contribution is 8.01. The second-order valence-electron chi connectivity index (χ2n) is 16.5. The Labute approximate surface area is 353 Å². The standard InChI is InChI=1S/C42H48N2O16S/c1-56-24-4-2-3-22-32(24)38(50)35-34(36(22)48)37(49)23-12-42(55,27(46)15-45)13-25(33(23)39(35)51)60-31-10-9-21(16-58-31)59-28-17-57-18-29(43-28)61-26-11-30(47)44(40(26)52)14-19-5-7-20(8-6-19)41(53)54/h2-4,19-21,25-26,28-29,31,43,45,49,51,55H,5-18H2,1H3,(H,53,54)/t19?,20?,21-,25-,26?,28+,29?,31-,42-/m0/s1. The number of ketones is 3.